The van der Waals surface area contributed by atoms with E-state index >= 15 is 0 Å². The smallest absolute Gasteiger partial charge is 0.207 e. The summed E-state index contributed by atoms with van der Waals surface area (Å²) in [5.41, 5.74) is 3.68. The van der Waals surface area contributed by atoms with E-state index in [1.807, 2.05) is 28.6 Å². The van der Waals surface area contributed by atoms with Gasteiger partial charge in [-0.15, -0.1) is 22.7 Å². The van der Waals surface area contributed by atoms with Crippen LogP contribution in [0.15, 0.2) is 76.5 Å². The average molecular weight is 434 g/mol. The van der Waals surface area contributed by atoms with Gasteiger partial charge >= 0.3 is 0 Å². The molecule has 1 unspecified atom stereocenters. The molecule has 2 aromatic carbocycles. The lowest BCUT2D eigenvalue weighted by atomic mass is 10.0. The summed E-state index contributed by atoms with van der Waals surface area (Å²) in [4.78, 5) is 5.99. The third-order valence-electron chi connectivity index (χ3n) is 5.07. The van der Waals surface area contributed by atoms with Crippen LogP contribution in [0.3, 0.4) is 0 Å². The van der Waals surface area contributed by atoms with Gasteiger partial charge in [-0.2, -0.15) is 5.10 Å². The number of thiazole rings is 1. The van der Waals surface area contributed by atoms with Gasteiger partial charge in [-0.1, -0.05) is 36.4 Å². The molecule has 0 radical (unpaired) electrons. The van der Waals surface area contributed by atoms with Crippen LogP contribution >= 0.6 is 22.7 Å². The van der Waals surface area contributed by atoms with Crippen molar-refractivity contribution in [3.05, 3.63) is 81.9 Å². The first-order chi connectivity index (χ1) is 14.7. The Labute approximate surface area is 182 Å². The van der Waals surface area contributed by atoms with E-state index in [-0.39, 0.29) is 11.8 Å². The number of aromatic hydroxyl groups is 1. The summed E-state index contributed by atoms with van der Waals surface area (Å²) in [6.45, 7) is 0. The molecule has 4 aromatic rings. The zero-order valence-corrected chi connectivity index (χ0v) is 17.9. The SMILES string of the molecule is COc1ccc(-c2csc(N3N=C(c4cccs4)CC3c3ccccc3)n2)c(O)c1. The van der Waals surface area contributed by atoms with Gasteiger partial charge in [0, 0.05) is 23.4 Å². The number of benzene rings is 2. The standard InChI is InChI=1S/C23H19N3O2S2/c1-28-16-9-10-17(21(27)12-16)19-14-30-23(24-19)26-20(15-6-3-2-4-7-15)13-18(25-26)22-8-5-11-29-22/h2-12,14,20,27H,13H2,1H3. The van der Waals surface area contributed by atoms with Gasteiger partial charge in [-0.3, -0.25) is 0 Å². The van der Waals surface area contributed by atoms with Gasteiger partial charge in [0.05, 0.1) is 29.4 Å². The van der Waals surface area contributed by atoms with Crippen molar-refractivity contribution >= 4 is 33.5 Å². The van der Waals surface area contributed by atoms with Crippen molar-refractivity contribution in [2.24, 2.45) is 5.10 Å². The van der Waals surface area contributed by atoms with Crippen LogP contribution in [0.1, 0.15) is 22.9 Å². The second kappa shape index (κ2) is 7.93. The maximum absolute atomic E-state index is 10.4. The number of aromatic nitrogens is 1. The fraction of sp³-hybridized carbons (Fsp3) is 0.130. The molecule has 150 valence electrons. The van der Waals surface area contributed by atoms with E-state index in [0.717, 1.165) is 23.0 Å². The molecule has 2 aromatic heterocycles. The van der Waals surface area contributed by atoms with Crippen molar-refractivity contribution in [1.82, 2.24) is 4.98 Å². The molecular formula is C23H19N3O2S2. The minimum Gasteiger partial charge on any atom is -0.507 e. The first-order valence-corrected chi connectivity index (χ1v) is 11.3. The van der Waals surface area contributed by atoms with E-state index in [9.17, 15) is 5.11 Å². The van der Waals surface area contributed by atoms with Crippen LogP contribution in [-0.4, -0.2) is 22.9 Å². The van der Waals surface area contributed by atoms with Crippen LogP contribution in [0, 0.1) is 0 Å². The molecule has 0 spiro atoms. The topological polar surface area (TPSA) is 58.0 Å². The Morgan fingerprint density at radius 3 is 2.67 bits per heavy atom. The lowest BCUT2D eigenvalue weighted by Crippen LogP contribution is -2.18. The molecule has 0 saturated carbocycles. The summed E-state index contributed by atoms with van der Waals surface area (Å²) in [6.07, 6.45) is 0.827. The van der Waals surface area contributed by atoms with Crippen LogP contribution < -0.4 is 9.75 Å². The third-order valence-corrected chi connectivity index (χ3v) is 6.82. The molecule has 7 heteroatoms. The molecule has 0 amide bonds. The summed E-state index contributed by atoms with van der Waals surface area (Å²) in [5.74, 6) is 0.760. The quantitative estimate of drug-likeness (QED) is 0.423. The predicted molar refractivity (Wildman–Crippen MR) is 123 cm³/mol. The fourth-order valence-corrected chi connectivity index (χ4v) is 5.11. The summed E-state index contributed by atoms with van der Waals surface area (Å²) in [5, 5.41) is 22.2. The third kappa shape index (κ3) is 3.46. The molecule has 5 nitrogen and oxygen atoms in total. The highest BCUT2D eigenvalue weighted by Crippen LogP contribution is 2.41. The van der Waals surface area contributed by atoms with Crippen LogP contribution in [0.4, 0.5) is 5.13 Å². The number of anilines is 1. The number of phenols is 1. The number of methoxy groups -OCH3 is 1. The number of nitrogens with zero attached hydrogens (tertiary/aromatic N) is 3. The Morgan fingerprint density at radius 2 is 1.93 bits per heavy atom. The monoisotopic (exact) mass is 433 g/mol. The average Bonchev–Trinajstić information content (AvgIpc) is 3.54. The van der Waals surface area contributed by atoms with Gasteiger partial charge in [0.25, 0.3) is 0 Å². The minimum absolute atomic E-state index is 0.0896. The summed E-state index contributed by atoms with van der Waals surface area (Å²) in [7, 11) is 1.58. The number of hydrazone groups is 1. The molecular weight excluding hydrogens is 414 g/mol. The zero-order valence-electron chi connectivity index (χ0n) is 16.2. The van der Waals surface area contributed by atoms with Gasteiger partial charge in [0.15, 0.2) is 0 Å². The Bertz CT molecular complexity index is 1190. The van der Waals surface area contributed by atoms with E-state index in [0.29, 0.717) is 11.3 Å². The van der Waals surface area contributed by atoms with Crippen molar-refractivity contribution in [2.45, 2.75) is 12.5 Å². The molecule has 3 heterocycles. The molecule has 5 rings (SSSR count). The van der Waals surface area contributed by atoms with E-state index in [1.54, 1.807) is 24.5 Å². The highest BCUT2D eigenvalue weighted by molar-refractivity contribution is 7.14. The van der Waals surface area contributed by atoms with E-state index in [2.05, 4.69) is 41.8 Å². The molecule has 1 atom stereocenters. The molecule has 0 bridgehead atoms. The normalized spacial score (nSPS) is 16.0. The van der Waals surface area contributed by atoms with Crippen molar-refractivity contribution in [3.63, 3.8) is 0 Å². The molecule has 1 N–H and O–H groups in total. The summed E-state index contributed by atoms with van der Waals surface area (Å²) >= 11 is 3.23. The summed E-state index contributed by atoms with van der Waals surface area (Å²) < 4.78 is 5.18. The summed E-state index contributed by atoms with van der Waals surface area (Å²) in [6, 6.07) is 19.9. The number of rotatable bonds is 5. The van der Waals surface area contributed by atoms with E-state index in [4.69, 9.17) is 14.8 Å². The van der Waals surface area contributed by atoms with Crippen molar-refractivity contribution in [3.8, 4) is 22.8 Å². The van der Waals surface area contributed by atoms with Gasteiger partial charge in [0.2, 0.25) is 5.13 Å². The number of hydrogen-bond donors (Lipinski definition) is 1. The van der Waals surface area contributed by atoms with Crippen LogP contribution in [0.25, 0.3) is 11.3 Å². The van der Waals surface area contributed by atoms with Gasteiger partial charge in [0.1, 0.15) is 11.5 Å². The first-order valence-electron chi connectivity index (χ1n) is 9.51. The zero-order chi connectivity index (χ0) is 20.5. The number of thiophene rings is 1. The highest BCUT2D eigenvalue weighted by Gasteiger charge is 2.32. The molecule has 0 saturated heterocycles. The van der Waals surface area contributed by atoms with E-state index < -0.39 is 0 Å². The van der Waals surface area contributed by atoms with Crippen molar-refractivity contribution < 1.29 is 9.84 Å². The molecule has 1 aliphatic heterocycles. The van der Waals surface area contributed by atoms with Gasteiger partial charge < -0.3 is 9.84 Å². The van der Waals surface area contributed by atoms with Crippen molar-refractivity contribution in [1.29, 1.82) is 0 Å². The minimum atomic E-state index is 0.0896. The predicted octanol–water partition coefficient (Wildman–Crippen LogP) is 5.94. The number of phenolic OH excluding ortho intramolecular Hbond substituents is 1. The van der Waals surface area contributed by atoms with Gasteiger partial charge in [-0.05, 0) is 29.1 Å². The highest BCUT2D eigenvalue weighted by atomic mass is 32.1. The van der Waals surface area contributed by atoms with Crippen LogP contribution in [-0.2, 0) is 0 Å². The number of ether oxygens (including phenoxy) is 1. The lowest BCUT2D eigenvalue weighted by molar-refractivity contribution is 0.408. The first kappa shape index (κ1) is 18.8. The second-order valence-electron chi connectivity index (χ2n) is 6.90. The Kier molecular flexibility index (Phi) is 4.98. The van der Waals surface area contributed by atoms with E-state index in [1.165, 1.54) is 21.8 Å². The number of hydrogen-bond acceptors (Lipinski definition) is 7. The molecule has 0 fully saturated rings. The largest absolute Gasteiger partial charge is 0.507 e. The van der Waals surface area contributed by atoms with Crippen LogP contribution in [0.5, 0.6) is 11.5 Å². The van der Waals surface area contributed by atoms with Crippen molar-refractivity contribution in [2.75, 3.05) is 12.1 Å². The Morgan fingerprint density at radius 1 is 1.07 bits per heavy atom. The molecule has 30 heavy (non-hydrogen) atoms. The second-order valence-corrected chi connectivity index (χ2v) is 8.68. The fourth-order valence-electron chi connectivity index (χ4n) is 3.56. The van der Waals surface area contributed by atoms with Crippen LogP contribution in [0.2, 0.25) is 0 Å². The molecule has 0 aliphatic carbocycles. The maximum atomic E-state index is 10.4. The Hall–Kier alpha value is -3.16. The Balaban J connectivity index is 1.52. The maximum Gasteiger partial charge on any atom is 0.207 e. The van der Waals surface area contributed by atoms with Gasteiger partial charge in [-0.25, -0.2) is 9.99 Å². The molecule has 1 aliphatic rings. The lowest BCUT2D eigenvalue weighted by Gasteiger charge is -2.21.